The zero-order valence-corrected chi connectivity index (χ0v) is 12.5. The molecule has 18 heavy (non-hydrogen) atoms. The van der Waals surface area contributed by atoms with Crippen LogP contribution in [0.25, 0.3) is 0 Å². The molecule has 2 rings (SSSR count). The molecule has 0 nitrogen and oxygen atoms in total. The number of rotatable bonds is 6. The van der Waals surface area contributed by atoms with E-state index in [4.69, 9.17) is 0 Å². The first-order valence-corrected chi connectivity index (χ1v) is 7.78. The van der Waals surface area contributed by atoms with Gasteiger partial charge in [-0.2, -0.15) is 0 Å². The van der Waals surface area contributed by atoms with Crippen LogP contribution in [0.1, 0.15) is 77.7 Å². The van der Waals surface area contributed by atoms with Crippen LogP contribution in [0.4, 0.5) is 0 Å². The van der Waals surface area contributed by atoms with Crippen molar-refractivity contribution in [2.45, 2.75) is 77.6 Å². The van der Waals surface area contributed by atoms with E-state index in [1.807, 2.05) is 0 Å². The Kier molecular flexibility index (Phi) is 7.08. The second-order valence-corrected chi connectivity index (χ2v) is 5.84. The average molecular weight is 246 g/mol. The van der Waals surface area contributed by atoms with E-state index in [9.17, 15) is 0 Å². The largest absolute Gasteiger partial charge is 0.0654 e. The van der Waals surface area contributed by atoms with Gasteiger partial charge in [-0.05, 0) is 23.8 Å². The summed E-state index contributed by atoms with van der Waals surface area (Å²) >= 11 is 0. The molecule has 1 aromatic rings. The third-order valence-corrected chi connectivity index (χ3v) is 3.93. The molecule has 0 N–H and O–H groups in total. The third-order valence-electron chi connectivity index (χ3n) is 3.93. The molecule has 0 bridgehead atoms. The van der Waals surface area contributed by atoms with Crippen molar-refractivity contribution in [2.75, 3.05) is 0 Å². The van der Waals surface area contributed by atoms with Crippen LogP contribution in [0.2, 0.25) is 0 Å². The molecule has 0 spiro atoms. The summed E-state index contributed by atoms with van der Waals surface area (Å²) in [6.07, 6.45) is 11.2. The van der Waals surface area contributed by atoms with E-state index in [1.54, 1.807) is 0 Å². The van der Waals surface area contributed by atoms with Crippen LogP contribution in [0.15, 0.2) is 30.3 Å². The predicted molar refractivity (Wildman–Crippen MR) is 82.1 cm³/mol. The minimum absolute atomic E-state index is 0.543. The Hall–Kier alpha value is -0.780. The highest BCUT2D eigenvalue weighted by Gasteiger charge is 2.38. The SMILES string of the molecule is CC1(c2ccccc2)CC1.CCCCCCCC. The maximum atomic E-state index is 2.34. The van der Waals surface area contributed by atoms with Crippen molar-refractivity contribution in [3.8, 4) is 0 Å². The third kappa shape index (κ3) is 5.71. The molecular weight excluding hydrogens is 216 g/mol. The average Bonchev–Trinajstić information content (AvgIpc) is 3.16. The zero-order chi connectivity index (χ0) is 13.3. The number of hydrogen-bond donors (Lipinski definition) is 0. The van der Waals surface area contributed by atoms with Crippen molar-refractivity contribution in [3.05, 3.63) is 35.9 Å². The Morgan fingerprint density at radius 2 is 1.33 bits per heavy atom. The molecule has 0 aliphatic heterocycles. The lowest BCUT2D eigenvalue weighted by Gasteiger charge is -2.06. The van der Waals surface area contributed by atoms with Gasteiger partial charge in [-0.3, -0.25) is 0 Å². The maximum absolute atomic E-state index is 2.34. The molecule has 0 heterocycles. The van der Waals surface area contributed by atoms with Gasteiger partial charge in [0.05, 0.1) is 0 Å². The summed E-state index contributed by atoms with van der Waals surface area (Å²) in [4.78, 5) is 0. The van der Waals surface area contributed by atoms with Gasteiger partial charge in [0.25, 0.3) is 0 Å². The summed E-state index contributed by atoms with van der Waals surface area (Å²) in [5.41, 5.74) is 2.05. The molecule has 1 aliphatic carbocycles. The monoisotopic (exact) mass is 246 g/mol. The Bertz CT molecular complexity index is 289. The summed E-state index contributed by atoms with van der Waals surface area (Å²) < 4.78 is 0. The second-order valence-electron chi connectivity index (χ2n) is 5.84. The quantitative estimate of drug-likeness (QED) is 0.532. The van der Waals surface area contributed by atoms with Crippen LogP contribution in [0.3, 0.4) is 0 Å². The fourth-order valence-electron chi connectivity index (χ4n) is 2.17. The standard InChI is InChI=1S/C10H12.C8H18/c1-10(7-8-10)9-5-3-2-4-6-9;1-3-5-7-8-6-4-2/h2-6H,7-8H2,1H3;3-8H2,1-2H3. The summed E-state index contributed by atoms with van der Waals surface area (Å²) in [5.74, 6) is 0. The topological polar surface area (TPSA) is 0 Å². The van der Waals surface area contributed by atoms with Crippen molar-refractivity contribution in [1.82, 2.24) is 0 Å². The van der Waals surface area contributed by atoms with E-state index in [-0.39, 0.29) is 0 Å². The smallest absolute Gasteiger partial charge is 0.00746 e. The van der Waals surface area contributed by atoms with Gasteiger partial charge in [0.1, 0.15) is 0 Å². The molecule has 0 radical (unpaired) electrons. The van der Waals surface area contributed by atoms with E-state index in [0.29, 0.717) is 5.41 Å². The fraction of sp³-hybridized carbons (Fsp3) is 0.667. The molecule has 0 saturated heterocycles. The van der Waals surface area contributed by atoms with Crippen molar-refractivity contribution < 1.29 is 0 Å². The number of hydrogen-bond acceptors (Lipinski definition) is 0. The van der Waals surface area contributed by atoms with E-state index < -0.39 is 0 Å². The van der Waals surface area contributed by atoms with Crippen molar-refractivity contribution in [1.29, 1.82) is 0 Å². The molecule has 0 heteroatoms. The van der Waals surface area contributed by atoms with Crippen molar-refractivity contribution in [3.63, 3.8) is 0 Å². The van der Waals surface area contributed by atoms with E-state index in [0.717, 1.165) is 0 Å². The van der Waals surface area contributed by atoms with Gasteiger partial charge in [0.15, 0.2) is 0 Å². The molecule has 1 aliphatic rings. The van der Waals surface area contributed by atoms with Gasteiger partial charge in [-0.15, -0.1) is 0 Å². The lowest BCUT2D eigenvalue weighted by Crippen LogP contribution is -1.97. The van der Waals surface area contributed by atoms with Gasteiger partial charge in [-0.1, -0.05) is 89.6 Å². The van der Waals surface area contributed by atoms with Crippen LogP contribution in [0.5, 0.6) is 0 Å². The molecule has 1 fully saturated rings. The highest BCUT2D eigenvalue weighted by atomic mass is 14.4. The fourth-order valence-corrected chi connectivity index (χ4v) is 2.17. The van der Waals surface area contributed by atoms with Gasteiger partial charge < -0.3 is 0 Å². The van der Waals surface area contributed by atoms with Crippen LogP contribution in [-0.2, 0) is 5.41 Å². The molecular formula is C18H30. The van der Waals surface area contributed by atoms with Gasteiger partial charge in [0, 0.05) is 0 Å². The molecule has 0 aromatic heterocycles. The van der Waals surface area contributed by atoms with Crippen LogP contribution in [-0.4, -0.2) is 0 Å². The molecule has 0 unspecified atom stereocenters. The van der Waals surface area contributed by atoms with Crippen LogP contribution < -0.4 is 0 Å². The Balaban J connectivity index is 0.000000187. The molecule has 1 saturated carbocycles. The minimum atomic E-state index is 0.543. The van der Waals surface area contributed by atoms with E-state index >= 15 is 0 Å². The zero-order valence-electron chi connectivity index (χ0n) is 12.5. The van der Waals surface area contributed by atoms with Crippen molar-refractivity contribution in [2.24, 2.45) is 0 Å². The van der Waals surface area contributed by atoms with Crippen LogP contribution >= 0.6 is 0 Å². The summed E-state index contributed by atoms with van der Waals surface area (Å²) in [7, 11) is 0. The van der Waals surface area contributed by atoms with Gasteiger partial charge in [0.2, 0.25) is 0 Å². The maximum Gasteiger partial charge on any atom is -0.00746 e. The Morgan fingerprint density at radius 1 is 0.833 bits per heavy atom. The molecule has 1 aromatic carbocycles. The lowest BCUT2D eigenvalue weighted by atomic mass is 9.99. The summed E-state index contributed by atoms with van der Waals surface area (Å²) in [5, 5.41) is 0. The number of benzene rings is 1. The van der Waals surface area contributed by atoms with Crippen molar-refractivity contribution >= 4 is 0 Å². The molecule has 0 atom stereocenters. The first-order chi connectivity index (χ1) is 8.73. The Labute approximate surface area is 114 Å². The molecule has 0 amide bonds. The lowest BCUT2D eigenvalue weighted by molar-refractivity contribution is 0.624. The van der Waals surface area contributed by atoms with Crippen LogP contribution in [0, 0.1) is 0 Å². The normalized spacial score (nSPS) is 15.7. The predicted octanol–water partition coefficient (Wildman–Crippen LogP) is 6.10. The highest BCUT2D eigenvalue weighted by Crippen LogP contribution is 2.47. The first-order valence-electron chi connectivity index (χ1n) is 7.78. The first kappa shape index (κ1) is 15.3. The summed E-state index contributed by atoms with van der Waals surface area (Å²) in [6, 6.07) is 10.8. The second kappa shape index (κ2) is 8.34. The van der Waals surface area contributed by atoms with E-state index in [2.05, 4.69) is 51.1 Å². The van der Waals surface area contributed by atoms with Gasteiger partial charge >= 0.3 is 0 Å². The number of unbranched alkanes of at least 4 members (excludes halogenated alkanes) is 5. The minimum Gasteiger partial charge on any atom is -0.0654 e. The molecule has 102 valence electrons. The highest BCUT2D eigenvalue weighted by molar-refractivity contribution is 5.29. The summed E-state index contributed by atoms with van der Waals surface area (Å²) in [6.45, 7) is 6.85. The van der Waals surface area contributed by atoms with Gasteiger partial charge in [-0.25, -0.2) is 0 Å². The van der Waals surface area contributed by atoms with E-state index in [1.165, 1.54) is 56.9 Å². The Morgan fingerprint density at radius 3 is 1.72 bits per heavy atom.